The second kappa shape index (κ2) is 12.4. The maximum absolute atomic E-state index is 5.13. The van der Waals surface area contributed by atoms with Crippen LogP contribution in [-0.2, 0) is 0 Å². The largest absolute Gasteiger partial charge is 0.263 e. The van der Waals surface area contributed by atoms with Crippen molar-refractivity contribution < 1.29 is 0 Å². The molecular weight excluding hydrogens is 631 g/mol. The first-order valence-electron chi connectivity index (χ1n) is 17.6. The maximum atomic E-state index is 5.13. The summed E-state index contributed by atoms with van der Waals surface area (Å²) in [5, 5.41) is 9.99. The van der Waals surface area contributed by atoms with E-state index in [1.807, 2.05) is 36.7 Å². The Labute approximate surface area is 301 Å². The molecule has 0 spiro atoms. The number of aromatic nitrogens is 3. The van der Waals surface area contributed by atoms with Crippen molar-refractivity contribution in [3.8, 4) is 56.2 Å². The lowest BCUT2D eigenvalue weighted by Crippen LogP contribution is -1.96. The molecule has 0 fully saturated rings. The smallest absolute Gasteiger partial charge is 0.160 e. The fourth-order valence-corrected chi connectivity index (χ4v) is 7.55. The van der Waals surface area contributed by atoms with Gasteiger partial charge < -0.3 is 0 Å². The lowest BCUT2D eigenvalue weighted by Gasteiger charge is -2.13. The van der Waals surface area contributed by atoms with E-state index in [4.69, 9.17) is 9.97 Å². The molecule has 0 unspecified atom stereocenters. The zero-order valence-corrected chi connectivity index (χ0v) is 28.2. The Morgan fingerprint density at radius 3 is 1.44 bits per heavy atom. The van der Waals surface area contributed by atoms with E-state index in [0.717, 1.165) is 50.2 Å². The second-order valence-corrected chi connectivity index (χ2v) is 13.2. The molecule has 2 heterocycles. The zero-order chi connectivity index (χ0) is 34.4. The molecule has 10 aromatic rings. The molecular formula is C49H31N3. The molecule has 0 aliphatic rings. The molecule has 242 valence electrons. The minimum absolute atomic E-state index is 0.696. The van der Waals surface area contributed by atoms with Crippen LogP contribution >= 0.6 is 0 Å². The summed E-state index contributed by atoms with van der Waals surface area (Å²) in [4.78, 5) is 14.7. The van der Waals surface area contributed by atoms with Gasteiger partial charge in [0.1, 0.15) is 0 Å². The summed E-state index contributed by atoms with van der Waals surface area (Å²) in [6, 6.07) is 62.3. The van der Waals surface area contributed by atoms with Crippen molar-refractivity contribution in [2.45, 2.75) is 0 Å². The normalized spacial score (nSPS) is 11.5. The number of pyridine rings is 1. The second-order valence-electron chi connectivity index (χ2n) is 13.2. The summed E-state index contributed by atoms with van der Waals surface area (Å²) in [6.07, 6.45) is 3.86. The third-order valence-corrected chi connectivity index (χ3v) is 10.2. The van der Waals surface area contributed by atoms with E-state index in [1.54, 1.807) is 0 Å². The SMILES string of the molecule is c1ccc(-c2cc(-c3ccc(-c4cncc5ccccc45)cc3)nc(-c3ccc(-c4ccc5c6ccccc6c6ccccc6c5c4)cc3)n2)cc1. The van der Waals surface area contributed by atoms with Crippen LogP contribution in [0.3, 0.4) is 0 Å². The van der Waals surface area contributed by atoms with Gasteiger partial charge in [-0.2, -0.15) is 0 Å². The van der Waals surface area contributed by atoms with Crippen LogP contribution in [0.5, 0.6) is 0 Å². The Morgan fingerprint density at radius 1 is 0.288 bits per heavy atom. The number of hydrogen-bond donors (Lipinski definition) is 0. The molecule has 0 saturated carbocycles. The quantitative estimate of drug-likeness (QED) is 0.172. The monoisotopic (exact) mass is 661 g/mol. The Morgan fingerprint density at radius 2 is 0.769 bits per heavy atom. The molecule has 8 aromatic carbocycles. The molecule has 0 N–H and O–H groups in total. The van der Waals surface area contributed by atoms with Crippen molar-refractivity contribution >= 4 is 43.1 Å². The summed E-state index contributed by atoms with van der Waals surface area (Å²) in [5.41, 5.74) is 9.40. The number of nitrogens with zero attached hydrogens (tertiary/aromatic N) is 3. The van der Waals surface area contributed by atoms with Crippen LogP contribution in [0.4, 0.5) is 0 Å². The average molecular weight is 662 g/mol. The van der Waals surface area contributed by atoms with Crippen molar-refractivity contribution in [3.63, 3.8) is 0 Å². The third-order valence-electron chi connectivity index (χ3n) is 10.2. The lowest BCUT2D eigenvalue weighted by molar-refractivity contribution is 1.18. The Kier molecular flexibility index (Phi) is 7.14. The summed E-state index contributed by atoms with van der Waals surface area (Å²) in [5.74, 6) is 0.696. The van der Waals surface area contributed by atoms with Crippen LogP contribution in [0.15, 0.2) is 188 Å². The molecule has 0 aliphatic heterocycles. The third kappa shape index (κ3) is 5.19. The van der Waals surface area contributed by atoms with Gasteiger partial charge in [-0.25, -0.2) is 9.97 Å². The van der Waals surface area contributed by atoms with Crippen LogP contribution in [0.25, 0.3) is 99.2 Å². The van der Waals surface area contributed by atoms with Crippen molar-refractivity contribution in [3.05, 3.63) is 188 Å². The summed E-state index contributed by atoms with van der Waals surface area (Å²) < 4.78 is 0. The Balaban J connectivity index is 1.04. The number of fused-ring (bicyclic) bond motifs is 7. The highest BCUT2D eigenvalue weighted by Crippen LogP contribution is 2.38. The van der Waals surface area contributed by atoms with Gasteiger partial charge in [-0.1, -0.05) is 164 Å². The van der Waals surface area contributed by atoms with Crippen molar-refractivity contribution in [1.82, 2.24) is 15.0 Å². The molecule has 0 aliphatic carbocycles. The van der Waals surface area contributed by atoms with Gasteiger partial charge in [-0.15, -0.1) is 0 Å². The van der Waals surface area contributed by atoms with E-state index in [1.165, 1.54) is 43.3 Å². The van der Waals surface area contributed by atoms with E-state index in [2.05, 4.69) is 157 Å². The van der Waals surface area contributed by atoms with Crippen molar-refractivity contribution in [1.29, 1.82) is 0 Å². The minimum atomic E-state index is 0.696. The molecule has 0 bridgehead atoms. The highest BCUT2D eigenvalue weighted by Gasteiger charge is 2.13. The van der Waals surface area contributed by atoms with E-state index < -0.39 is 0 Å². The average Bonchev–Trinajstić information content (AvgIpc) is 3.23. The van der Waals surface area contributed by atoms with Crippen molar-refractivity contribution in [2.24, 2.45) is 0 Å². The maximum Gasteiger partial charge on any atom is 0.160 e. The molecule has 0 atom stereocenters. The predicted octanol–water partition coefficient (Wildman–Crippen LogP) is 12.8. The van der Waals surface area contributed by atoms with Gasteiger partial charge >= 0.3 is 0 Å². The van der Waals surface area contributed by atoms with Crippen molar-refractivity contribution in [2.75, 3.05) is 0 Å². The van der Waals surface area contributed by atoms with Gasteiger partial charge in [0.25, 0.3) is 0 Å². The van der Waals surface area contributed by atoms with Gasteiger partial charge in [0.2, 0.25) is 0 Å². The lowest BCUT2D eigenvalue weighted by atomic mass is 9.92. The predicted molar refractivity (Wildman–Crippen MR) is 217 cm³/mol. The van der Waals surface area contributed by atoms with E-state index in [9.17, 15) is 0 Å². The highest BCUT2D eigenvalue weighted by atomic mass is 14.9. The zero-order valence-electron chi connectivity index (χ0n) is 28.2. The Hall–Kier alpha value is -6.97. The van der Waals surface area contributed by atoms with E-state index in [0.29, 0.717) is 5.82 Å². The molecule has 52 heavy (non-hydrogen) atoms. The van der Waals surface area contributed by atoms with Gasteiger partial charge in [0.05, 0.1) is 11.4 Å². The molecule has 3 heteroatoms. The number of benzene rings is 8. The van der Waals surface area contributed by atoms with Crippen LogP contribution in [0.1, 0.15) is 0 Å². The first-order valence-corrected chi connectivity index (χ1v) is 17.6. The Bertz CT molecular complexity index is 2890. The van der Waals surface area contributed by atoms with Crippen LogP contribution in [0.2, 0.25) is 0 Å². The highest BCUT2D eigenvalue weighted by molar-refractivity contribution is 6.25. The minimum Gasteiger partial charge on any atom is -0.263 e. The fourth-order valence-electron chi connectivity index (χ4n) is 7.55. The summed E-state index contributed by atoms with van der Waals surface area (Å²) >= 11 is 0. The molecule has 10 rings (SSSR count). The first-order chi connectivity index (χ1) is 25.8. The summed E-state index contributed by atoms with van der Waals surface area (Å²) in [7, 11) is 0. The van der Waals surface area contributed by atoms with Gasteiger partial charge in [-0.3, -0.25) is 4.98 Å². The fraction of sp³-hybridized carbons (Fsp3) is 0. The van der Waals surface area contributed by atoms with Gasteiger partial charge in [0.15, 0.2) is 5.82 Å². The van der Waals surface area contributed by atoms with E-state index >= 15 is 0 Å². The van der Waals surface area contributed by atoms with Gasteiger partial charge in [-0.05, 0) is 66.5 Å². The summed E-state index contributed by atoms with van der Waals surface area (Å²) in [6.45, 7) is 0. The van der Waals surface area contributed by atoms with Crippen LogP contribution in [-0.4, -0.2) is 15.0 Å². The topological polar surface area (TPSA) is 38.7 Å². The molecule has 0 radical (unpaired) electrons. The molecule has 3 nitrogen and oxygen atoms in total. The van der Waals surface area contributed by atoms with E-state index in [-0.39, 0.29) is 0 Å². The number of hydrogen-bond acceptors (Lipinski definition) is 3. The molecule has 0 amide bonds. The van der Waals surface area contributed by atoms with Gasteiger partial charge in [0, 0.05) is 40.0 Å². The molecule has 0 saturated heterocycles. The number of rotatable bonds is 5. The first kappa shape index (κ1) is 29.9. The van der Waals surface area contributed by atoms with Crippen LogP contribution < -0.4 is 0 Å². The van der Waals surface area contributed by atoms with Crippen LogP contribution in [0, 0.1) is 0 Å². The standard InChI is InChI=1S/C49H31N3/c1-2-10-34(11-3-1)47-29-48(35-22-20-33(21-23-35)46-31-50-30-38-12-4-5-13-39(38)46)52-49(51-47)36-24-18-32(19-25-36)37-26-27-44-42-16-7-6-14-40(42)41-15-8-9-17-43(41)45(44)28-37/h1-31H. The molecule has 2 aromatic heterocycles.